The number of aryl methyl sites for hydroxylation is 2. The van der Waals surface area contributed by atoms with Gasteiger partial charge in [-0.05, 0) is 63.1 Å². The molecule has 1 saturated carbocycles. The number of aromatic amines is 1. The molecule has 2 fully saturated rings. The third-order valence-corrected chi connectivity index (χ3v) is 6.65. The Balaban J connectivity index is 1.46. The molecule has 2 aliphatic rings. The van der Waals surface area contributed by atoms with Crippen LogP contribution in [0.25, 0.3) is 11.1 Å². The van der Waals surface area contributed by atoms with Crippen LogP contribution in [-0.4, -0.2) is 46.2 Å². The maximum absolute atomic E-state index is 13.2. The monoisotopic (exact) mass is 423 g/mol. The van der Waals surface area contributed by atoms with Crippen molar-refractivity contribution in [2.45, 2.75) is 64.8 Å². The molecular weight excluding hydrogens is 390 g/mol. The van der Waals surface area contributed by atoms with E-state index in [9.17, 15) is 9.59 Å². The van der Waals surface area contributed by atoms with E-state index in [1.165, 1.54) is 6.42 Å². The lowest BCUT2D eigenvalue weighted by Crippen LogP contribution is -2.52. The van der Waals surface area contributed by atoms with E-state index < -0.39 is 6.04 Å². The van der Waals surface area contributed by atoms with Crippen molar-refractivity contribution in [2.75, 3.05) is 18.4 Å². The fraction of sp³-hybridized carbons (Fsp3) is 0.542. The third kappa shape index (κ3) is 4.92. The van der Waals surface area contributed by atoms with Crippen LogP contribution in [0, 0.1) is 19.8 Å². The van der Waals surface area contributed by atoms with Gasteiger partial charge in [-0.15, -0.1) is 0 Å². The first kappa shape index (κ1) is 21.4. The fourth-order valence-electron chi connectivity index (χ4n) is 4.93. The highest BCUT2D eigenvalue weighted by Gasteiger charge is 2.32. The van der Waals surface area contributed by atoms with E-state index in [1.807, 2.05) is 43.0 Å². The van der Waals surface area contributed by atoms with Crippen molar-refractivity contribution in [3.05, 3.63) is 35.7 Å². The van der Waals surface area contributed by atoms with Crippen LogP contribution in [0.3, 0.4) is 0 Å². The summed E-state index contributed by atoms with van der Waals surface area (Å²) in [6, 6.07) is 7.23. The SMILES string of the molecule is Cc1n[nH]c(C)c1-c1ccc(NC(=O)C(NC(=O)N2CCCC2)C2CCCCC2)cc1. The molecule has 7 nitrogen and oxygen atoms in total. The smallest absolute Gasteiger partial charge is 0.318 e. The number of benzene rings is 1. The van der Waals surface area contributed by atoms with Crippen molar-refractivity contribution in [1.82, 2.24) is 20.4 Å². The van der Waals surface area contributed by atoms with Gasteiger partial charge in [0.25, 0.3) is 0 Å². The highest BCUT2D eigenvalue weighted by atomic mass is 16.2. The van der Waals surface area contributed by atoms with Crippen LogP contribution in [0.4, 0.5) is 10.5 Å². The van der Waals surface area contributed by atoms with Gasteiger partial charge >= 0.3 is 6.03 Å². The molecule has 1 aromatic heterocycles. The molecule has 166 valence electrons. The van der Waals surface area contributed by atoms with Crippen molar-refractivity contribution in [3.63, 3.8) is 0 Å². The second-order valence-corrected chi connectivity index (χ2v) is 8.90. The van der Waals surface area contributed by atoms with E-state index in [1.54, 1.807) is 0 Å². The molecule has 1 saturated heterocycles. The van der Waals surface area contributed by atoms with E-state index in [0.717, 1.165) is 79.8 Å². The second-order valence-electron chi connectivity index (χ2n) is 8.90. The first-order valence-corrected chi connectivity index (χ1v) is 11.5. The number of likely N-dealkylation sites (tertiary alicyclic amines) is 1. The number of nitrogens with one attached hydrogen (secondary N) is 3. The highest BCUT2D eigenvalue weighted by molar-refractivity contribution is 5.97. The zero-order valence-electron chi connectivity index (χ0n) is 18.5. The summed E-state index contributed by atoms with van der Waals surface area (Å²) in [6.45, 7) is 5.54. The molecule has 3 N–H and O–H groups in total. The maximum Gasteiger partial charge on any atom is 0.318 e. The Bertz CT molecular complexity index is 889. The van der Waals surface area contributed by atoms with Crippen molar-refractivity contribution >= 4 is 17.6 Å². The summed E-state index contributed by atoms with van der Waals surface area (Å²) in [5.41, 5.74) is 4.88. The van der Waals surface area contributed by atoms with Gasteiger partial charge in [-0.25, -0.2) is 4.79 Å². The molecular formula is C24H33N5O2. The number of carbonyl (C=O) groups is 2. The Kier molecular flexibility index (Phi) is 6.59. The van der Waals surface area contributed by atoms with Crippen molar-refractivity contribution in [2.24, 2.45) is 5.92 Å². The number of hydrogen-bond donors (Lipinski definition) is 3. The summed E-state index contributed by atoms with van der Waals surface area (Å²) < 4.78 is 0. The van der Waals surface area contributed by atoms with Gasteiger partial charge in [-0.2, -0.15) is 5.10 Å². The molecule has 0 radical (unpaired) electrons. The van der Waals surface area contributed by atoms with Gasteiger partial charge < -0.3 is 15.5 Å². The molecule has 2 heterocycles. The number of aromatic nitrogens is 2. The van der Waals surface area contributed by atoms with E-state index in [2.05, 4.69) is 20.8 Å². The summed E-state index contributed by atoms with van der Waals surface area (Å²) in [5.74, 6) is 0.0682. The average molecular weight is 424 g/mol. The molecule has 1 unspecified atom stereocenters. The number of H-pyrrole nitrogens is 1. The molecule has 1 atom stereocenters. The van der Waals surface area contributed by atoms with E-state index in [-0.39, 0.29) is 17.9 Å². The molecule has 2 aromatic rings. The normalized spacial score (nSPS) is 18.1. The van der Waals surface area contributed by atoms with E-state index in [0.29, 0.717) is 0 Å². The molecule has 3 amide bonds. The largest absolute Gasteiger partial charge is 0.326 e. The van der Waals surface area contributed by atoms with Crippen LogP contribution >= 0.6 is 0 Å². The zero-order chi connectivity index (χ0) is 21.8. The van der Waals surface area contributed by atoms with Gasteiger partial charge in [-0.1, -0.05) is 31.4 Å². The van der Waals surface area contributed by atoms with Gasteiger partial charge in [0.05, 0.1) is 5.69 Å². The van der Waals surface area contributed by atoms with Gasteiger partial charge in [0.1, 0.15) is 6.04 Å². The number of hydrogen-bond acceptors (Lipinski definition) is 3. The fourth-order valence-corrected chi connectivity index (χ4v) is 4.93. The Morgan fingerprint density at radius 3 is 2.32 bits per heavy atom. The topological polar surface area (TPSA) is 90.1 Å². The molecule has 1 aromatic carbocycles. The Morgan fingerprint density at radius 1 is 1.03 bits per heavy atom. The summed E-state index contributed by atoms with van der Waals surface area (Å²) >= 11 is 0. The second kappa shape index (κ2) is 9.54. The van der Waals surface area contributed by atoms with Crippen molar-refractivity contribution in [1.29, 1.82) is 0 Å². The molecule has 0 spiro atoms. The number of amides is 3. The predicted molar refractivity (Wildman–Crippen MR) is 122 cm³/mol. The average Bonchev–Trinajstić information content (AvgIpc) is 3.43. The number of urea groups is 1. The number of anilines is 1. The summed E-state index contributed by atoms with van der Waals surface area (Å²) in [7, 11) is 0. The van der Waals surface area contributed by atoms with E-state index >= 15 is 0 Å². The number of carbonyl (C=O) groups excluding carboxylic acids is 2. The van der Waals surface area contributed by atoms with E-state index in [4.69, 9.17) is 0 Å². The van der Waals surface area contributed by atoms with Crippen molar-refractivity contribution < 1.29 is 9.59 Å². The molecule has 1 aliphatic heterocycles. The van der Waals surface area contributed by atoms with Crippen LogP contribution in [0.1, 0.15) is 56.3 Å². The minimum atomic E-state index is -0.494. The van der Waals surface area contributed by atoms with Gasteiger partial charge in [0.15, 0.2) is 0 Å². The minimum Gasteiger partial charge on any atom is -0.326 e. The number of rotatable bonds is 5. The zero-order valence-corrected chi connectivity index (χ0v) is 18.5. The summed E-state index contributed by atoms with van der Waals surface area (Å²) in [5, 5.41) is 13.4. The first-order chi connectivity index (χ1) is 15.0. The Labute approximate surface area is 184 Å². The maximum atomic E-state index is 13.2. The summed E-state index contributed by atoms with van der Waals surface area (Å²) in [6.07, 6.45) is 7.48. The molecule has 4 rings (SSSR count). The van der Waals surface area contributed by atoms with Crippen LogP contribution in [-0.2, 0) is 4.79 Å². The lowest BCUT2D eigenvalue weighted by Gasteiger charge is -2.31. The molecule has 31 heavy (non-hydrogen) atoms. The lowest BCUT2D eigenvalue weighted by atomic mass is 9.83. The van der Waals surface area contributed by atoms with Crippen LogP contribution in [0.5, 0.6) is 0 Å². The Morgan fingerprint density at radius 2 is 1.71 bits per heavy atom. The molecule has 0 bridgehead atoms. The van der Waals surface area contributed by atoms with Gasteiger partial charge in [-0.3, -0.25) is 9.89 Å². The Hall–Kier alpha value is -2.83. The van der Waals surface area contributed by atoms with Crippen molar-refractivity contribution in [3.8, 4) is 11.1 Å². The third-order valence-electron chi connectivity index (χ3n) is 6.65. The molecule has 7 heteroatoms. The van der Waals surface area contributed by atoms with Gasteiger partial charge in [0.2, 0.25) is 5.91 Å². The predicted octanol–water partition coefficient (Wildman–Crippen LogP) is 4.39. The highest BCUT2D eigenvalue weighted by Crippen LogP contribution is 2.29. The molecule has 1 aliphatic carbocycles. The minimum absolute atomic E-state index is 0.107. The first-order valence-electron chi connectivity index (χ1n) is 11.5. The number of nitrogens with zero attached hydrogens (tertiary/aromatic N) is 2. The van der Waals surface area contributed by atoms with Crippen LogP contribution < -0.4 is 10.6 Å². The summed E-state index contributed by atoms with van der Waals surface area (Å²) in [4.78, 5) is 27.8. The standard InChI is InChI=1S/C24H33N5O2/c1-16-21(17(2)28-27-16)18-10-12-20(13-11-18)25-23(30)22(19-8-4-3-5-9-19)26-24(31)29-14-6-7-15-29/h10-13,19,22H,3-9,14-15H2,1-2H3,(H,25,30)(H,26,31)(H,27,28). The quantitative estimate of drug-likeness (QED) is 0.666. The lowest BCUT2D eigenvalue weighted by molar-refractivity contribution is -0.119. The van der Waals surface area contributed by atoms with Crippen LogP contribution in [0.2, 0.25) is 0 Å². The van der Waals surface area contributed by atoms with Gasteiger partial charge in [0, 0.05) is 30.0 Å². The van der Waals surface area contributed by atoms with Crippen LogP contribution in [0.15, 0.2) is 24.3 Å².